The molecule has 3 aliphatic rings. The molecule has 0 radical (unpaired) electrons. The average molecular weight is 1030 g/mol. The third-order valence-corrected chi connectivity index (χ3v) is 13.5. The van der Waals surface area contributed by atoms with Crippen molar-refractivity contribution >= 4 is 23.7 Å². The van der Waals surface area contributed by atoms with E-state index in [1.54, 1.807) is 41.6 Å². The summed E-state index contributed by atoms with van der Waals surface area (Å²) in [4.78, 5) is 64.9. The Balaban J connectivity index is 0.000000238. The van der Waals surface area contributed by atoms with Crippen LogP contribution in [0.5, 0.6) is 0 Å². The molecule has 5 aromatic rings. The second-order valence-corrected chi connectivity index (χ2v) is 20.0. The maximum atomic E-state index is 16.0. The number of pyridine rings is 5. The third-order valence-electron chi connectivity index (χ3n) is 13.5. The first-order chi connectivity index (χ1) is 35.2. The summed E-state index contributed by atoms with van der Waals surface area (Å²) in [7, 11) is 0. The molecule has 74 heavy (non-hydrogen) atoms. The molecule has 3 aliphatic heterocycles. The summed E-state index contributed by atoms with van der Waals surface area (Å²) in [6.45, 7) is 8.56. The fourth-order valence-corrected chi connectivity index (χ4v) is 9.75. The molecule has 15 nitrogen and oxygen atoms in total. The smallest absolute Gasteiger partial charge is 0.444 e. The molecule has 2 atom stereocenters. The van der Waals surface area contributed by atoms with Crippen LogP contribution < -0.4 is 11.1 Å². The number of ether oxygens (including phenoxy) is 1. The highest BCUT2D eigenvalue weighted by atomic mass is 19.4. The predicted octanol–water partition coefficient (Wildman–Crippen LogP) is 8.56. The molecule has 0 aliphatic carbocycles. The van der Waals surface area contributed by atoms with E-state index in [1.807, 2.05) is 50.1 Å². The monoisotopic (exact) mass is 1030 g/mol. The maximum Gasteiger partial charge on any atom is 0.471 e. The van der Waals surface area contributed by atoms with Gasteiger partial charge in [0.15, 0.2) is 5.67 Å². The molecule has 0 bridgehead atoms. The number of carbonyl (C=O) groups excluding carboxylic acids is 3. The minimum atomic E-state index is -5.18. The largest absolute Gasteiger partial charge is 0.471 e. The number of nitrogens with zero attached hydrogens (tertiary/aromatic N) is 9. The summed E-state index contributed by atoms with van der Waals surface area (Å²) in [5, 5.41) is 3.56. The third kappa shape index (κ3) is 15.2. The number of likely N-dealkylation sites (tertiary alicyclic amines) is 3. The predicted molar refractivity (Wildman–Crippen MR) is 263 cm³/mol. The normalized spacial score (nSPS) is 17.6. The molecule has 2 unspecified atom stereocenters. The van der Waals surface area contributed by atoms with Crippen molar-refractivity contribution in [2.24, 2.45) is 11.8 Å². The number of nitrogen functional groups attached to an aromatic ring is 1. The molecular formula is C53H63F6N11O4. The molecule has 3 fully saturated rings. The van der Waals surface area contributed by atoms with E-state index < -0.39 is 53.6 Å². The molecular weight excluding hydrogens is 969 g/mol. The highest BCUT2D eigenvalue weighted by Crippen LogP contribution is 2.40. The lowest BCUT2D eigenvalue weighted by molar-refractivity contribution is -0.190. The van der Waals surface area contributed by atoms with Gasteiger partial charge in [0.25, 0.3) is 5.91 Å². The number of hydrogen-bond donors (Lipinski definition) is 2. The van der Waals surface area contributed by atoms with Gasteiger partial charge in [-0.15, -0.1) is 0 Å². The van der Waals surface area contributed by atoms with Crippen molar-refractivity contribution in [2.45, 2.75) is 108 Å². The Kier molecular flexibility index (Phi) is 18.2. The Morgan fingerprint density at radius 1 is 0.743 bits per heavy atom. The Morgan fingerprint density at radius 3 is 1.86 bits per heavy atom. The number of halogens is 6. The number of hydrogen-bond acceptors (Lipinski definition) is 12. The Hall–Kier alpha value is -6.74. The number of piperidine rings is 3. The average Bonchev–Trinajstić information content (AvgIpc) is 3.38. The van der Waals surface area contributed by atoms with Crippen LogP contribution in [0.2, 0.25) is 0 Å². The summed E-state index contributed by atoms with van der Waals surface area (Å²) in [5.74, 6) is -3.62. The van der Waals surface area contributed by atoms with Crippen LogP contribution in [-0.4, -0.2) is 119 Å². The Bertz CT molecular complexity index is 2590. The number of aromatic nitrogens is 5. The number of anilines is 1. The zero-order valence-corrected chi connectivity index (χ0v) is 41.7. The van der Waals surface area contributed by atoms with E-state index in [1.165, 1.54) is 35.6 Å². The molecule has 3 saturated heterocycles. The first kappa shape index (κ1) is 55.0. The van der Waals surface area contributed by atoms with Gasteiger partial charge in [0.1, 0.15) is 23.1 Å². The quantitative estimate of drug-likeness (QED) is 0.108. The number of nitrogens with one attached hydrogen (secondary N) is 1. The van der Waals surface area contributed by atoms with Crippen molar-refractivity contribution < 1.29 is 45.5 Å². The SMILES string of the molecule is CC(C)(C)OC(=O)N1CCC(C(NCc2cccnc2)c2ccc(F)cn2)CC1.Nc1cc(CN2CCC(F)(C(=O)N3CCC(C(c4ccc(F)cn4)N(Cc4cccnc4)C(=O)C(F)(F)F)CC3)CC2)ccn1. The van der Waals surface area contributed by atoms with Gasteiger partial charge in [0.2, 0.25) is 0 Å². The van der Waals surface area contributed by atoms with Gasteiger partial charge in [-0.2, -0.15) is 13.2 Å². The van der Waals surface area contributed by atoms with E-state index in [2.05, 4.69) is 30.2 Å². The van der Waals surface area contributed by atoms with Crippen LogP contribution in [0.4, 0.5) is 37.0 Å². The van der Waals surface area contributed by atoms with Gasteiger partial charge in [0.05, 0.1) is 35.9 Å². The summed E-state index contributed by atoms with van der Waals surface area (Å²) >= 11 is 0. The van der Waals surface area contributed by atoms with Gasteiger partial charge < -0.3 is 30.5 Å². The van der Waals surface area contributed by atoms with Crippen LogP contribution >= 0.6 is 0 Å². The number of alkyl halides is 4. The lowest BCUT2D eigenvalue weighted by Crippen LogP contribution is -2.54. The van der Waals surface area contributed by atoms with Crippen molar-refractivity contribution in [3.63, 3.8) is 0 Å². The minimum absolute atomic E-state index is 0.00737. The number of nitrogens with two attached hydrogens (primary N) is 1. The fraction of sp³-hybridized carbons (Fsp3) is 0.472. The Labute approximate surface area is 426 Å². The lowest BCUT2D eigenvalue weighted by Gasteiger charge is -2.43. The van der Waals surface area contributed by atoms with Gasteiger partial charge in [-0.05, 0) is 124 Å². The van der Waals surface area contributed by atoms with E-state index in [-0.39, 0.29) is 68.3 Å². The summed E-state index contributed by atoms with van der Waals surface area (Å²) in [6.07, 6.45) is 6.74. The number of amides is 3. The lowest BCUT2D eigenvalue weighted by atomic mass is 9.84. The molecule has 8 rings (SSSR count). The van der Waals surface area contributed by atoms with E-state index in [9.17, 15) is 36.3 Å². The molecule has 21 heteroatoms. The second-order valence-electron chi connectivity index (χ2n) is 20.0. The standard InChI is InChI=1S/C31H34F5N7O2.C22H29FN4O2/c32-24-3-4-25(40-18-24)27(43(29(45)31(34,35)36)20-22-2-1-10-38-17-22)23-6-12-42(13-7-23)28(44)30(33)8-14-41(15-9-30)19-21-5-11-39-26(37)16-21;1-22(2,3)29-21(28)27-11-8-17(9-12-27)20(19-7-6-18(23)15-25-19)26-14-16-5-4-10-24-13-16/h1-5,10-11,16-18,23,27H,6-9,12-15,19-20H2,(H2,37,39);4-7,10,13,15,17,20,26H,8-9,11-12,14H2,1-3H3. The molecule has 396 valence electrons. The van der Waals surface area contributed by atoms with Gasteiger partial charge in [-0.1, -0.05) is 12.1 Å². The first-order valence-corrected chi connectivity index (χ1v) is 24.8. The van der Waals surface area contributed by atoms with Crippen LogP contribution in [0.25, 0.3) is 0 Å². The van der Waals surface area contributed by atoms with E-state index >= 15 is 4.39 Å². The summed E-state index contributed by atoms with van der Waals surface area (Å²) < 4.78 is 90.3. The topological polar surface area (TPSA) is 176 Å². The molecule has 0 saturated carbocycles. The van der Waals surface area contributed by atoms with E-state index in [0.29, 0.717) is 55.5 Å². The molecule has 0 spiro atoms. The van der Waals surface area contributed by atoms with Crippen molar-refractivity contribution in [1.82, 2.24) is 49.8 Å². The summed E-state index contributed by atoms with van der Waals surface area (Å²) in [6, 6.07) is 14.9. The highest BCUT2D eigenvalue weighted by Gasteiger charge is 2.49. The Morgan fingerprint density at radius 2 is 1.32 bits per heavy atom. The second kappa shape index (κ2) is 24.5. The molecule has 8 heterocycles. The fourth-order valence-electron chi connectivity index (χ4n) is 9.75. The summed E-state index contributed by atoms with van der Waals surface area (Å²) in [5.41, 5.74) is 6.48. The zero-order valence-electron chi connectivity index (χ0n) is 41.7. The molecule has 0 aromatic carbocycles. The van der Waals surface area contributed by atoms with Crippen LogP contribution in [0.1, 0.15) is 99.5 Å². The number of carbonyl (C=O) groups is 3. The minimum Gasteiger partial charge on any atom is -0.444 e. The van der Waals surface area contributed by atoms with Gasteiger partial charge in [0, 0.05) is 103 Å². The van der Waals surface area contributed by atoms with Crippen LogP contribution in [0.3, 0.4) is 0 Å². The first-order valence-electron chi connectivity index (χ1n) is 24.8. The highest BCUT2D eigenvalue weighted by molar-refractivity contribution is 5.85. The maximum absolute atomic E-state index is 16.0. The molecule has 5 aromatic heterocycles. The van der Waals surface area contributed by atoms with Gasteiger partial charge >= 0.3 is 18.2 Å². The van der Waals surface area contributed by atoms with Crippen LogP contribution in [0, 0.1) is 23.5 Å². The van der Waals surface area contributed by atoms with E-state index in [0.717, 1.165) is 41.9 Å². The van der Waals surface area contributed by atoms with Crippen molar-refractivity contribution in [3.8, 4) is 0 Å². The van der Waals surface area contributed by atoms with Gasteiger partial charge in [-0.25, -0.2) is 22.9 Å². The van der Waals surface area contributed by atoms with Crippen LogP contribution in [0.15, 0.2) is 104 Å². The number of rotatable bonds is 13. The van der Waals surface area contributed by atoms with Crippen LogP contribution in [-0.2, 0) is 34.0 Å². The van der Waals surface area contributed by atoms with E-state index in [4.69, 9.17) is 10.5 Å². The van der Waals surface area contributed by atoms with Crippen molar-refractivity contribution in [2.75, 3.05) is 45.0 Å². The van der Waals surface area contributed by atoms with Crippen molar-refractivity contribution in [3.05, 3.63) is 144 Å². The molecule has 3 amide bonds. The van der Waals surface area contributed by atoms with Crippen molar-refractivity contribution in [1.29, 1.82) is 0 Å². The van der Waals surface area contributed by atoms with Gasteiger partial charge in [-0.3, -0.25) is 34.4 Å². The zero-order chi connectivity index (χ0) is 53.0. The molecule has 3 N–H and O–H groups in total.